The van der Waals surface area contributed by atoms with Crippen LogP contribution in [0.25, 0.3) is 10.6 Å². The molecule has 0 aliphatic carbocycles. The van der Waals surface area contributed by atoms with E-state index < -0.39 is 0 Å². The van der Waals surface area contributed by atoms with Gasteiger partial charge in [-0.3, -0.25) is 4.79 Å². The SMILES string of the molecule is Cl.Cl.O=C(NCCCN1CCNCC1)c1csc(-c2ccoc2)n1. The predicted octanol–water partition coefficient (Wildman–Crippen LogP) is 2.27. The van der Waals surface area contributed by atoms with Crippen molar-refractivity contribution in [2.45, 2.75) is 6.42 Å². The van der Waals surface area contributed by atoms with Crippen molar-refractivity contribution >= 4 is 42.1 Å². The molecule has 24 heavy (non-hydrogen) atoms. The van der Waals surface area contributed by atoms with Crippen LogP contribution in [-0.4, -0.2) is 55.1 Å². The minimum Gasteiger partial charge on any atom is -0.472 e. The standard InChI is InChI=1S/C15H20N4O2S.2ClH/c20-14(17-3-1-6-19-7-4-16-5-8-19)13-11-22-15(18-13)12-2-9-21-10-12;;/h2,9-11,16H,1,3-8H2,(H,17,20);2*1H. The Morgan fingerprint density at radius 1 is 1.38 bits per heavy atom. The fourth-order valence-corrected chi connectivity index (χ4v) is 3.21. The van der Waals surface area contributed by atoms with Gasteiger partial charge in [0, 0.05) is 43.7 Å². The Balaban J connectivity index is 0.00000144. The topological polar surface area (TPSA) is 70.4 Å². The second kappa shape index (κ2) is 10.7. The highest BCUT2D eigenvalue weighted by molar-refractivity contribution is 7.13. The van der Waals surface area contributed by atoms with Crippen LogP contribution >= 0.6 is 36.2 Å². The Bertz CT molecular complexity index is 600. The summed E-state index contributed by atoms with van der Waals surface area (Å²) < 4.78 is 5.03. The zero-order chi connectivity index (χ0) is 15.2. The quantitative estimate of drug-likeness (QED) is 0.737. The lowest BCUT2D eigenvalue weighted by Crippen LogP contribution is -2.44. The molecule has 2 aromatic heterocycles. The van der Waals surface area contributed by atoms with Crippen molar-refractivity contribution in [1.29, 1.82) is 0 Å². The van der Waals surface area contributed by atoms with Gasteiger partial charge < -0.3 is 20.0 Å². The highest BCUT2D eigenvalue weighted by Gasteiger charge is 2.13. The Labute approximate surface area is 157 Å². The van der Waals surface area contributed by atoms with Gasteiger partial charge in [0.2, 0.25) is 0 Å². The molecular weight excluding hydrogens is 371 g/mol. The number of carbonyl (C=O) groups is 1. The van der Waals surface area contributed by atoms with Gasteiger partial charge in [0.15, 0.2) is 0 Å². The smallest absolute Gasteiger partial charge is 0.270 e. The van der Waals surface area contributed by atoms with E-state index in [4.69, 9.17) is 4.42 Å². The molecule has 1 amide bonds. The van der Waals surface area contributed by atoms with Crippen LogP contribution in [0.4, 0.5) is 0 Å². The first-order valence-corrected chi connectivity index (χ1v) is 8.40. The fraction of sp³-hybridized carbons (Fsp3) is 0.467. The van der Waals surface area contributed by atoms with Crippen LogP contribution in [0, 0.1) is 0 Å². The zero-order valence-electron chi connectivity index (χ0n) is 13.2. The number of thiazole rings is 1. The van der Waals surface area contributed by atoms with Gasteiger partial charge in [-0.05, 0) is 19.0 Å². The van der Waals surface area contributed by atoms with Crippen molar-refractivity contribution < 1.29 is 9.21 Å². The number of carbonyl (C=O) groups excluding carboxylic acids is 1. The summed E-state index contributed by atoms with van der Waals surface area (Å²) in [5.74, 6) is -0.105. The summed E-state index contributed by atoms with van der Waals surface area (Å²) in [4.78, 5) is 18.8. The third kappa shape index (κ3) is 5.75. The van der Waals surface area contributed by atoms with Crippen molar-refractivity contribution in [2.75, 3.05) is 39.3 Å². The van der Waals surface area contributed by atoms with Gasteiger partial charge in [0.1, 0.15) is 17.0 Å². The first-order valence-electron chi connectivity index (χ1n) is 7.52. The number of nitrogens with zero attached hydrogens (tertiary/aromatic N) is 2. The molecule has 1 saturated heterocycles. The summed E-state index contributed by atoms with van der Waals surface area (Å²) in [5, 5.41) is 8.86. The maximum absolute atomic E-state index is 12.1. The monoisotopic (exact) mass is 392 g/mol. The average molecular weight is 393 g/mol. The highest BCUT2D eigenvalue weighted by Crippen LogP contribution is 2.23. The first kappa shape index (κ1) is 20.9. The zero-order valence-corrected chi connectivity index (χ0v) is 15.6. The van der Waals surface area contributed by atoms with E-state index in [2.05, 4.69) is 20.5 Å². The lowest BCUT2D eigenvalue weighted by molar-refractivity contribution is 0.0947. The van der Waals surface area contributed by atoms with Crippen molar-refractivity contribution in [1.82, 2.24) is 20.5 Å². The van der Waals surface area contributed by atoms with Gasteiger partial charge >= 0.3 is 0 Å². The number of nitrogens with one attached hydrogen (secondary N) is 2. The van der Waals surface area contributed by atoms with Gasteiger partial charge in [0.05, 0.1) is 6.26 Å². The Morgan fingerprint density at radius 3 is 2.88 bits per heavy atom. The normalized spacial score (nSPS) is 14.5. The van der Waals surface area contributed by atoms with E-state index in [0.29, 0.717) is 12.2 Å². The molecule has 0 bridgehead atoms. The fourth-order valence-electron chi connectivity index (χ4n) is 2.43. The molecule has 1 aliphatic heterocycles. The summed E-state index contributed by atoms with van der Waals surface area (Å²) in [6.07, 6.45) is 4.20. The van der Waals surface area contributed by atoms with Gasteiger partial charge in [-0.2, -0.15) is 0 Å². The van der Waals surface area contributed by atoms with Crippen LogP contribution in [0.5, 0.6) is 0 Å². The molecule has 134 valence electrons. The Kier molecular flexibility index (Phi) is 9.31. The lowest BCUT2D eigenvalue weighted by atomic mass is 10.3. The molecule has 0 spiro atoms. The summed E-state index contributed by atoms with van der Waals surface area (Å²) in [6.45, 7) is 6.01. The predicted molar refractivity (Wildman–Crippen MR) is 101 cm³/mol. The van der Waals surface area contributed by atoms with E-state index >= 15 is 0 Å². The van der Waals surface area contributed by atoms with E-state index in [1.54, 1.807) is 17.9 Å². The number of hydrogen-bond acceptors (Lipinski definition) is 6. The van der Waals surface area contributed by atoms with Crippen LogP contribution in [0.15, 0.2) is 28.4 Å². The van der Waals surface area contributed by atoms with E-state index in [-0.39, 0.29) is 30.7 Å². The molecule has 3 heterocycles. The molecule has 2 aromatic rings. The van der Waals surface area contributed by atoms with Gasteiger partial charge in [0.25, 0.3) is 5.91 Å². The number of piperazine rings is 1. The Hall–Kier alpha value is -1.12. The minimum atomic E-state index is -0.105. The van der Waals surface area contributed by atoms with E-state index in [1.165, 1.54) is 11.3 Å². The van der Waals surface area contributed by atoms with Crippen LogP contribution in [0.3, 0.4) is 0 Å². The van der Waals surface area contributed by atoms with Crippen molar-refractivity contribution in [2.24, 2.45) is 0 Å². The highest BCUT2D eigenvalue weighted by atomic mass is 35.5. The number of amides is 1. The molecule has 0 saturated carbocycles. The average Bonchev–Trinajstić information content (AvgIpc) is 3.22. The molecule has 0 aromatic carbocycles. The second-order valence-corrected chi connectivity index (χ2v) is 6.11. The molecule has 0 radical (unpaired) electrons. The maximum Gasteiger partial charge on any atom is 0.270 e. The number of furan rings is 1. The number of rotatable bonds is 6. The number of aromatic nitrogens is 1. The molecule has 0 atom stereocenters. The maximum atomic E-state index is 12.1. The first-order chi connectivity index (χ1) is 10.8. The van der Waals surface area contributed by atoms with Crippen molar-refractivity contribution in [3.63, 3.8) is 0 Å². The minimum absolute atomic E-state index is 0. The largest absolute Gasteiger partial charge is 0.472 e. The molecule has 2 N–H and O–H groups in total. The van der Waals surface area contributed by atoms with Gasteiger partial charge in [-0.1, -0.05) is 0 Å². The van der Waals surface area contributed by atoms with Crippen molar-refractivity contribution in [3.8, 4) is 10.6 Å². The summed E-state index contributed by atoms with van der Waals surface area (Å²) in [6, 6.07) is 1.84. The van der Waals surface area contributed by atoms with Gasteiger partial charge in [-0.25, -0.2) is 4.98 Å². The summed E-state index contributed by atoms with van der Waals surface area (Å²) in [7, 11) is 0. The van der Waals surface area contributed by atoms with Crippen LogP contribution < -0.4 is 10.6 Å². The molecule has 1 aliphatic rings. The van der Waals surface area contributed by atoms with Crippen LogP contribution in [0.1, 0.15) is 16.9 Å². The van der Waals surface area contributed by atoms with E-state index in [9.17, 15) is 4.79 Å². The van der Waals surface area contributed by atoms with Crippen LogP contribution in [-0.2, 0) is 0 Å². The third-order valence-electron chi connectivity index (χ3n) is 3.65. The molecule has 6 nitrogen and oxygen atoms in total. The number of hydrogen-bond donors (Lipinski definition) is 2. The summed E-state index contributed by atoms with van der Waals surface area (Å²) in [5.41, 5.74) is 1.38. The molecular formula is C15H22Cl2N4O2S. The van der Waals surface area contributed by atoms with E-state index in [0.717, 1.165) is 49.7 Å². The Morgan fingerprint density at radius 2 is 2.17 bits per heavy atom. The third-order valence-corrected chi connectivity index (χ3v) is 4.54. The molecule has 9 heteroatoms. The lowest BCUT2D eigenvalue weighted by Gasteiger charge is -2.26. The van der Waals surface area contributed by atoms with Crippen LogP contribution in [0.2, 0.25) is 0 Å². The number of halogens is 2. The van der Waals surface area contributed by atoms with Gasteiger partial charge in [-0.15, -0.1) is 36.2 Å². The van der Waals surface area contributed by atoms with Crippen molar-refractivity contribution in [3.05, 3.63) is 29.7 Å². The molecule has 0 unspecified atom stereocenters. The summed E-state index contributed by atoms with van der Waals surface area (Å²) >= 11 is 1.45. The van der Waals surface area contributed by atoms with E-state index in [1.807, 2.05) is 6.07 Å². The molecule has 1 fully saturated rings. The second-order valence-electron chi connectivity index (χ2n) is 5.25. The molecule has 3 rings (SSSR count).